The summed E-state index contributed by atoms with van der Waals surface area (Å²) in [6.45, 7) is 44.1. The lowest BCUT2D eigenvalue weighted by Crippen LogP contribution is -2.39. The van der Waals surface area contributed by atoms with Gasteiger partial charge in [-0.1, -0.05) is 48.0 Å². The second-order valence-electron chi connectivity index (χ2n) is 32.2. The topological polar surface area (TPSA) is 340 Å². The fraction of sp³-hybridized carbons (Fsp3) is 0.727. The molecule has 6 fully saturated rings. The third-order valence-corrected chi connectivity index (χ3v) is 27.4. The van der Waals surface area contributed by atoms with Gasteiger partial charge in [-0.25, -0.2) is 28.8 Å². The fourth-order valence-electron chi connectivity index (χ4n) is 14.2. The number of thioether (sulfide) groups is 6. The van der Waals surface area contributed by atoms with E-state index in [9.17, 15) is 28.8 Å². The van der Waals surface area contributed by atoms with E-state index in [1.165, 1.54) is 0 Å². The van der Waals surface area contributed by atoms with Gasteiger partial charge in [0.05, 0.1) is 39.6 Å². The highest BCUT2D eigenvalue weighted by Gasteiger charge is 2.35. The minimum Gasteiger partial charge on any atom is -0.381 e. The van der Waals surface area contributed by atoms with Gasteiger partial charge in [0.1, 0.15) is 105 Å². The second kappa shape index (κ2) is 58.9. The van der Waals surface area contributed by atoms with Crippen molar-refractivity contribution in [2.75, 3.05) is 205 Å². The van der Waals surface area contributed by atoms with Crippen molar-refractivity contribution in [2.24, 2.45) is 5.92 Å². The number of aromatic nitrogens is 12. The maximum atomic E-state index is 12.3. The van der Waals surface area contributed by atoms with Crippen LogP contribution in [0.2, 0.25) is 0 Å². The number of nitrogens with zero attached hydrogens (tertiary/aromatic N) is 18. The maximum Gasteiger partial charge on any atom is 0.351 e. The SMILES string of the molecule is CCCCN(CC)c1ccn([C@H]2CS[C@@H](COC)O2)c(=O)n1.CCCN(C)c1ccn([C@H]2CS[C@@H](COCC)O2)c(=O)n1.CCCN(CCC)c1ccn([C@H]2CS[C@@H](COC)O2)c(=O)n1.CCN(CC(C)C)c1ccn([C@H]2CS[C@@H](COC)O2)c(=O)n1.CCOC[C@H]1O[C@@H](n2ccc(N(C)C(C)C)nc2=O)CS1.COC[C@H]1O[C@@H](n2ccc(N(C(C)C)C(C)C)nc2=O)CS1. The lowest BCUT2D eigenvalue weighted by molar-refractivity contribution is -0.0227. The first-order chi connectivity index (χ1) is 62.5. The lowest BCUT2D eigenvalue weighted by atomic mass is 10.2. The smallest absolute Gasteiger partial charge is 0.351 e. The van der Waals surface area contributed by atoms with E-state index >= 15 is 0 Å². The summed E-state index contributed by atoms with van der Waals surface area (Å²) in [5, 5.41) is 0. The molecule has 0 amide bonds. The molecule has 6 aromatic heterocycles. The number of rotatable bonds is 42. The molecule has 12 rings (SSSR count). The molecule has 0 aromatic carbocycles. The number of ether oxygens (including phenoxy) is 12. The molecule has 130 heavy (non-hydrogen) atoms. The normalized spacial score (nSPS) is 21.6. The maximum absolute atomic E-state index is 12.3. The summed E-state index contributed by atoms with van der Waals surface area (Å²) in [7, 11) is 10.5. The molecule has 0 unspecified atom stereocenters. The fourth-order valence-corrected chi connectivity index (χ4v) is 20.4. The summed E-state index contributed by atoms with van der Waals surface area (Å²) in [5.74, 6) is 9.27. The first-order valence-electron chi connectivity index (χ1n) is 45.3. The molecule has 732 valence electrons. The van der Waals surface area contributed by atoms with Gasteiger partial charge in [0.15, 0.2) is 0 Å². The Labute approximate surface area is 793 Å². The van der Waals surface area contributed by atoms with Gasteiger partial charge in [0.2, 0.25) is 0 Å². The van der Waals surface area contributed by atoms with Gasteiger partial charge in [-0.05, 0) is 137 Å². The Balaban J connectivity index is 0.000000213. The third-order valence-electron chi connectivity index (χ3n) is 20.8. The van der Waals surface area contributed by atoms with Crippen molar-refractivity contribution >= 4 is 105 Å². The molecule has 0 radical (unpaired) electrons. The largest absolute Gasteiger partial charge is 0.381 e. The van der Waals surface area contributed by atoms with Gasteiger partial charge < -0.3 is 86.2 Å². The van der Waals surface area contributed by atoms with Crippen molar-refractivity contribution in [1.29, 1.82) is 0 Å². The number of hydrogen-bond donors (Lipinski definition) is 0. The van der Waals surface area contributed by atoms with Crippen molar-refractivity contribution in [3.8, 4) is 0 Å². The van der Waals surface area contributed by atoms with E-state index in [2.05, 4.69) is 146 Å². The molecular formula is C88H146N18O18S6. The molecule has 6 aliphatic heterocycles. The molecule has 12 heterocycles. The van der Waals surface area contributed by atoms with Crippen molar-refractivity contribution in [2.45, 2.75) is 231 Å². The molecule has 0 aliphatic carbocycles. The Hall–Kier alpha value is -6.30. The minimum absolute atomic E-state index is 0.00992. The summed E-state index contributed by atoms with van der Waals surface area (Å²) < 4.78 is 75.3. The van der Waals surface area contributed by atoms with Gasteiger partial charge in [-0.3, -0.25) is 27.4 Å². The van der Waals surface area contributed by atoms with Crippen LogP contribution in [-0.4, -0.2) is 284 Å². The molecule has 42 heteroatoms. The average molecular weight is 1940 g/mol. The highest BCUT2D eigenvalue weighted by molar-refractivity contribution is 8.01. The van der Waals surface area contributed by atoms with Gasteiger partial charge >= 0.3 is 34.1 Å². The zero-order valence-corrected chi connectivity index (χ0v) is 85.3. The monoisotopic (exact) mass is 1930 g/mol. The van der Waals surface area contributed by atoms with E-state index in [-0.39, 0.29) is 116 Å². The zero-order chi connectivity index (χ0) is 94.9. The van der Waals surface area contributed by atoms with Crippen molar-refractivity contribution < 1.29 is 56.8 Å². The van der Waals surface area contributed by atoms with E-state index in [1.54, 1.807) is 164 Å². The average Bonchev–Trinajstić information content (AvgIpc) is 1.54. The second-order valence-corrected chi connectivity index (χ2v) is 39.3. The van der Waals surface area contributed by atoms with Crippen LogP contribution in [0.1, 0.15) is 180 Å². The van der Waals surface area contributed by atoms with Gasteiger partial charge in [-0.15, -0.1) is 70.6 Å². The van der Waals surface area contributed by atoms with Crippen molar-refractivity contribution in [3.05, 3.63) is 136 Å². The van der Waals surface area contributed by atoms with Crippen molar-refractivity contribution in [1.82, 2.24) is 57.3 Å². The zero-order valence-electron chi connectivity index (χ0n) is 80.4. The van der Waals surface area contributed by atoms with Crippen LogP contribution in [0.5, 0.6) is 0 Å². The molecular weight excluding hydrogens is 1790 g/mol. The Bertz CT molecular complexity index is 4520. The number of anilines is 6. The molecule has 6 saturated heterocycles. The van der Waals surface area contributed by atoms with Gasteiger partial charge in [0.25, 0.3) is 0 Å². The van der Waals surface area contributed by atoms with Crippen LogP contribution in [0.3, 0.4) is 0 Å². The van der Waals surface area contributed by atoms with Crippen LogP contribution in [0.4, 0.5) is 34.9 Å². The van der Waals surface area contributed by atoms with Crippen LogP contribution < -0.4 is 63.5 Å². The molecule has 0 spiro atoms. The quantitative estimate of drug-likeness (QED) is 0.0343. The highest BCUT2D eigenvalue weighted by atomic mass is 32.2. The van der Waals surface area contributed by atoms with E-state index in [4.69, 9.17) is 56.8 Å². The Kier molecular flexibility index (Phi) is 50.1. The highest BCUT2D eigenvalue weighted by Crippen LogP contribution is 2.37. The predicted molar refractivity (Wildman–Crippen MR) is 528 cm³/mol. The standard InChI is InChI=1S/4C15H25N3O3S.2C14H23N3O3S/c1-10(2)18(11(3)4)12-6-7-17(15(19)16-12)13-9-22-14(21-13)8-20-5;1-5-17(8-11(2)3)12-6-7-18(15(19)16-12)13-10-22-14(21-13)9-20-4;1-4-7-17(8-5-2)12-6-9-18(15(19)16-12)13-11-22-14(21-13)10-20-3;1-4-6-8-17(5-2)12-7-9-18(15(19)16-12)13-11-22-14(21-13)10-20-3;1-5-19-8-13-20-12(9-21-13)17-7-6-11(15-14(17)18)16(4)10(2)3;1-4-7-16(3)11-6-8-17(14(18)15-11)12-10-21-13(20-12)9-19-5-2/h6-7,10-11,13-14H,8-9H2,1-5H3;6-7,11,13-14H,5,8-10H2,1-4H3;6,9,13-14H,4-5,7-8,10-11H2,1-3H3;7,9,13-14H,4-6,8,10-11H2,1-3H3;6-7,10,12-13H,5,8-9H2,1-4H3;6,8,12-13H,4-5,7,9-10H2,1-3H3/t4*13-,14+;2*12-,13+/m111111/s1. The van der Waals surface area contributed by atoms with Gasteiger partial charge in [-0.2, -0.15) is 29.9 Å². The van der Waals surface area contributed by atoms with Gasteiger partial charge in [0, 0.05) is 191 Å². The Morgan fingerprint density at radius 2 is 0.623 bits per heavy atom. The number of methoxy groups -OCH3 is 4. The molecule has 12 atom stereocenters. The third kappa shape index (κ3) is 34.5. The summed E-state index contributed by atoms with van der Waals surface area (Å²) >= 11 is 9.96. The molecule has 0 saturated carbocycles. The van der Waals surface area contributed by atoms with E-state index < -0.39 is 0 Å². The lowest BCUT2D eigenvalue weighted by Gasteiger charge is -2.31. The van der Waals surface area contributed by atoms with Crippen LogP contribution in [0.15, 0.2) is 102 Å². The van der Waals surface area contributed by atoms with E-state index in [0.717, 1.165) is 130 Å². The van der Waals surface area contributed by atoms with Crippen LogP contribution >= 0.6 is 70.6 Å². The van der Waals surface area contributed by atoms with Crippen LogP contribution in [0, 0.1) is 5.92 Å². The predicted octanol–water partition coefficient (Wildman–Crippen LogP) is 11.7. The summed E-state index contributed by atoms with van der Waals surface area (Å²) in [6, 6.07) is 12.2. The summed E-state index contributed by atoms with van der Waals surface area (Å²) in [5.41, 5.74) is -1.68. The van der Waals surface area contributed by atoms with Crippen molar-refractivity contribution in [3.63, 3.8) is 0 Å². The molecule has 6 aromatic rings. The van der Waals surface area contributed by atoms with E-state index in [0.29, 0.717) is 82.3 Å². The summed E-state index contributed by atoms with van der Waals surface area (Å²) in [4.78, 5) is 111. The summed E-state index contributed by atoms with van der Waals surface area (Å²) in [6.07, 6.45) is 14.4. The van der Waals surface area contributed by atoms with E-state index in [1.807, 2.05) is 74.1 Å². The molecule has 0 bridgehead atoms. The Morgan fingerprint density at radius 1 is 0.346 bits per heavy atom. The first kappa shape index (κ1) is 111. The number of unbranched alkanes of at least 4 members (excludes halogenated alkanes) is 1. The minimum atomic E-state index is -0.275. The van der Waals surface area contributed by atoms with Crippen LogP contribution in [0.25, 0.3) is 0 Å². The van der Waals surface area contributed by atoms with Crippen LogP contribution in [-0.2, 0) is 56.8 Å². The molecule has 6 aliphatic rings. The number of hydrogen-bond acceptors (Lipinski definition) is 36. The molecule has 0 N–H and O–H groups in total. The molecule has 36 nitrogen and oxygen atoms in total. The first-order valence-corrected chi connectivity index (χ1v) is 51.6. The Morgan fingerprint density at radius 3 is 0.900 bits per heavy atom.